The van der Waals surface area contributed by atoms with Crippen molar-refractivity contribution >= 4 is 38.9 Å². The average molecular weight is 492 g/mol. The van der Waals surface area contributed by atoms with E-state index in [1.165, 1.54) is 37.4 Å². The number of benzene rings is 2. The van der Waals surface area contributed by atoms with Crippen molar-refractivity contribution in [1.29, 1.82) is 0 Å². The van der Waals surface area contributed by atoms with Crippen LogP contribution in [0.4, 0.5) is 24.5 Å². The van der Waals surface area contributed by atoms with Gasteiger partial charge in [-0.25, -0.2) is 8.42 Å². The molecule has 0 atom stereocenters. The highest BCUT2D eigenvalue weighted by molar-refractivity contribution is 7.89. The average Bonchev–Trinajstić information content (AvgIpc) is 2.73. The smallest absolute Gasteiger partial charge is 0.378 e. The highest BCUT2D eigenvalue weighted by Crippen LogP contribution is 2.35. The third-order valence-electron chi connectivity index (χ3n) is 4.82. The number of sulfonamides is 1. The number of halogens is 4. The monoisotopic (exact) mass is 491 g/mol. The van der Waals surface area contributed by atoms with Crippen LogP contribution in [-0.4, -0.2) is 58.5 Å². The first kappa shape index (κ1) is 24.3. The van der Waals surface area contributed by atoms with Gasteiger partial charge in [-0.1, -0.05) is 17.7 Å². The summed E-state index contributed by atoms with van der Waals surface area (Å²) in [7, 11) is -2.83. The van der Waals surface area contributed by atoms with Crippen molar-refractivity contribution in [3.8, 4) is 0 Å². The van der Waals surface area contributed by atoms with Gasteiger partial charge < -0.3 is 15.0 Å². The number of hydrogen-bond acceptors (Lipinski definition) is 5. The van der Waals surface area contributed by atoms with Crippen LogP contribution in [0.3, 0.4) is 0 Å². The Hall–Kier alpha value is -2.34. The van der Waals surface area contributed by atoms with E-state index in [-0.39, 0.29) is 15.6 Å². The molecule has 1 amide bonds. The van der Waals surface area contributed by atoms with Crippen molar-refractivity contribution in [2.45, 2.75) is 11.1 Å². The zero-order chi connectivity index (χ0) is 23.5. The number of amides is 1. The molecule has 7 nitrogen and oxygen atoms in total. The van der Waals surface area contributed by atoms with Crippen LogP contribution in [-0.2, 0) is 25.7 Å². The summed E-state index contributed by atoms with van der Waals surface area (Å²) < 4.78 is 71.1. The second kappa shape index (κ2) is 9.65. The molecule has 1 fully saturated rings. The molecule has 0 spiro atoms. The molecule has 0 radical (unpaired) electrons. The summed E-state index contributed by atoms with van der Waals surface area (Å²) in [5.41, 5.74) is -0.583. The lowest BCUT2D eigenvalue weighted by atomic mass is 10.1. The number of alkyl halides is 3. The lowest BCUT2D eigenvalue weighted by Gasteiger charge is -2.31. The van der Waals surface area contributed by atoms with Gasteiger partial charge in [0, 0.05) is 25.2 Å². The van der Waals surface area contributed by atoms with Crippen LogP contribution < -0.4 is 10.2 Å². The van der Waals surface area contributed by atoms with Crippen LogP contribution in [0.15, 0.2) is 47.4 Å². The number of nitrogens with zero attached hydrogens (tertiary/aromatic N) is 2. The van der Waals surface area contributed by atoms with E-state index in [9.17, 15) is 26.4 Å². The second-order valence-corrected chi connectivity index (χ2v) is 9.58. The second-order valence-electron chi connectivity index (χ2n) is 7.10. The summed E-state index contributed by atoms with van der Waals surface area (Å²) in [6, 6.07) is 8.61. The number of carbonyl (C=O) groups excluding carboxylic acids is 1. The Morgan fingerprint density at radius 2 is 1.88 bits per heavy atom. The first-order valence-electron chi connectivity index (χ1n) is 9.54. The number of carbonyl (C=O) groups is 1. The molecule has 1 saturated heterocycles. The van der Waals surface area contributed by atoms with Gasteiger partial charge in [-0.2, -0.15) is 17.5 Å². The number of anilines is 2. The summed E-state index contributed by atoms with van der Waals surface area (Å²) in [6.07, 6.45) is -4.60. The first-order chi connectivity index (χ1) is 15.0. The molecule has 1 heterocycles. The van der Waals surface area contributed by atoms with E-state index in [1.807, 2.05) is 0 Å². The fourth-order valence-corrected chi connectivity index (χ4v) is 4.61. The number of rotatable bonds is 6. The van der Waals surface area contributed by atoms with E-state index < -0.39 is 34.2 Å². The molecule has 2 aromatic carbocycles. The normalized spacial score (nSPS) is 15.1. The maximum atomic E-state index is 13.2. The van der Waals surface area contributed by atoms with Crippen molar-refractivity contribution in [2.24, 2.45) is 0 Å². The van der Waals surface area contributed by atoms with Gasteiger partial charge in [0.25, 0.3) is 0 Å². The summed E-state index contributed by atoms with van der Waals surface area (Å²) in [4.78, 5) is 14.3. The fourth-order valence-electron chi connectivity index (χ4n) is 3.18. The van der Waals surface area contributed by atoms with Crippen molar-refractivity contribution in [2.75, 3.05) is 50.1 Å². The molecule has 32 heavy (non-hydrogen) atoms. The van der Waals surface area contributed by atoms with Gasteiger partial charge in [0.2, 0.25) is 15.9 Å². The quantitative estimate of drug-likeness (QED) is 0.669. The van der Waals surface area contributed by atoms with E-state index in [0.29, 0.717) is 32.0 Å². The van der Waals surface area contributed by atoms with Gasteiger partial charge >= 0.3 is 6.18 Å². The minimum absolute atomic E-state index is 0.0553. The molecule has 2 aromatic rings. The lowest BCUT2D eigenvalue weighted by molar-refractivity contribution is -0.137. The number of hydrogen-bond donors (Lipinski definition) is 1. The Morgan fingerprint density at radius 3 is 2.50 bits per heavy atom. The number of nitrogens with one attached hydrogen (secondary N) is 1. The van der Waals surface area contributed by atoms with E-state index >= 15 is 0 Å². The lowest BCUT2D eigenvalue weighted by Crippen LogP contribution is -2.38. The van der Waals surface area contributed by atoms with Crippen LogP contribution in [0, 0.1) is 0 Å². The summed E-state index contributed by atoms with van der Waals surface area (Å²) >= 11 is 5.84. The predicted molar refractivity (Wildman–Crippen MR) is 114 cm³/mol. The molecule has 0 aliphatic carbocycles. The van der Waals surface area contributed by atoms with Crippen LogP contribution in [0.25, 0.3) is 0 Å². The molecule has 0 saturated carbocycles. The van der Waals surface area contributed by atoms with Crippen LogP contribution >= 0.6 is 11.6 Å². The van der Waals surface area contributed by atoms with Crippen molar-refractivity contribution in [1.82, 2.24) is 4.31 Å². The maximum absolute atomic E-state index is 13.2. The van der Waals surface area contributed by atoms with E-state index in [4.69, 9.17) is 16.3 Å². The Morgan fingerprint density at radius 1 is 1.19 bits per heavy atom. The van der Waals surface area contributed by atoms with Gasteiger partial charge in [-0.3, -0.25) is 4.79 Å². The minimum Gasteiger partial charge on any atom is -0.378 e. The van der Waals surface area contributed by atoms with Crippen LogP contribution in [0.5, 0.6) is 0 Å². The van der Waals surface area contributed by atoms with Gasteiger partial charge in [-0.15, -0.1) is 0 Å². The SMILES string of the molecule is CN(CC(=O)Nc1cc(C(F)(F)F)ccc1N1CCOCC1)S(=O)(=O)c1cccc(Cl)c1. The third kappa shape index (κ3) is 5.71. The highest BCUT2D eigenvalue weighted by atomic mass is 35.5. The molecule has 174 valence electrons. The molecule has 12 heteroatoms. The molecular formula is C20H21ClF3N3O4S. The van der Waals surface area contributed by atoms with Gasteiger partial charge in [0.15, 0.2) is 0 Å². The van der Waals surface area contributed by atoms with Gasteiger partial charge in [0.1, 0.15) is 0 Å². The predicted octanol–water partition coefficient (Wildman–Crippen LogP) is 3.45. The zero-order valence-electron chi connectivity index (χ0n) is 17.0. The van der Waals surface area contributed by atoms with Crippen molar-refractivity contribution in [3.63, 3.8) is 0 Å². The third-order valence-corrected chi connectivity index (χ3v) is 6.85. The molecule has 0 aromatic heterocycles. The number of likely N-dealkylation sites (N-methyl/N-ethyl adjacent to an activating group) is 1. The molecule has 1 aliphatic rings. The first-order valence-corrected chi connectivity index (χ1v) is 11.4. The minimum atomic E-state index is -4.60. The standard InChI is InChI=1S/C20H21ClF3N3O4S/c1-26(32(29,30)16-4-2-3-15(21)12-16)13-19(28)25-17-11-14(20(22,23)24)5-6-18(17)27-7-9-31-10-8-27/h2-6,11-12H,7-10,13H2,1H3,(H,25,28). The topological polar surface area (TPSA) is 79.0 Å². The Kier molecular flexibility index (Phi) is 7.33. The van der Waals surface area contributed by atoms with E-state index in [1.54, 1.807) is 4.90 Å². The molecular weight excluding hydrogens is 471 g/mol. The molecule has 0 bridgehead atoms. The van der Waals surface area contributed by atoms with Gasteiger partial charge in [0.05, 0.1) is 41.6 Å². The van der Waals surface area contributed by atoms with Crippen LogP contribution in [0.1, 0.15) is 5.56 Å². The fraction of sp³-hybridized carbons (Fsp3) is 0.350. The van der Waals surface area contributed by atoms with E-state index in [0.717, 1.165) is 16.4 Å². The van der Waals surface area contributed by atoms with Gasteiger partial charge in [-0.05, 0) is 36.4 Å². The number of ether oxygens (including phenoxy) is 1. The summed E-state index contributed by atoms with van der Waals surface area (Å²) in [5.74, 6) is -0.785. The van der Waals surface area contributed by atoms with Crippen molar-refractivity contribution < 1.29 is 31.1 Å². The molecule has 1 N–H and O–H groups in total. The summed E-state index contributed by atoms with van der Waals surface area (Å²) in [5, 5.41) is 2.64. The molecule has 0 unspecified atom stereocenters. The Labute approximate surface area is 188 Å². The zero-order valence-corrected chi connectivity index (χ0v) is 18.6. The molecule has 1 aliphatic heterocycles. The summed E-state index contributed by atoms with van der Waals surface area (Å²) in [6.45, 7) is 1.08. The number of morpholine rings is 1. The Bertz CT molecular complexity index is 1090. The maximum Gasteiger partial charge on any atom is 0.416 e. The van der Waals surface area contributed by atoms with Crippen molar-refractivity contribution in [3.05, 3.63) is 53.1 Å². The Balaban J connectivity index is 1.82. The highest BCUT2D eigenvalue weighted by Gasteiger charge is 2.32. The molecule has 3 rings (SSSR count). The van der Waals surface area contributed by atoms with Crippen LogP contribution in [0.2, 0.25) is 5.02 Å². The van der Waals surface area contributed by atoms with E-state index in [2.05, 4.69) is 5.32 Å². The largest absolute Gasteiger partial charge is 0.416 e.